The average molecular weight is 295 g/mol. The first-order valence-corrected chi connectivity index (χ1v) is 7.16. The zero-order chi connectivity index (χ0) is 15.2. The fourth-order valence-corrected chi connectivity index (χ4v) is 2.55. The van der Waals surface area contributed by atoms with Crippen molar-refractivity contribution in [1.29, 1.82) is 0 Å². The van der Waals surface area contributed by atoms with Crippen molar-refractivity contribution in [3.05, 3.63) is 0 Å². The van der Waals surface area contributed by atoms with Crippen LogP contribution < -0.4 is 10.6 Å². The van der Waals surface area contributed by atoms with Gasteiger partial charge in [0.1, 0.15) is 6.54 Å². The lowest BCUT2D eigenvalue weighted by atomic mass is 10.0. The molecular formula is C13H24F3N3O. The number of hydrogen-bond donors (Lipinski definition) is 2. The van der Waals surface area contributed by atoms with Crippen molar-refractivity contribution < 1.29 is 18.0 Å². The maximum Gasteiger partial charge on any atom is 0.405 e. The maximum atomic E-state index is 12.1. The van der Waals surface area contributed by atoms with E-state index in [0.29, 0.717) is 6.54 Å². The minimum Gasteiger partial charge on any atom is -0.346 e. The molecule has 118 valence electrons. The van der Waals surface area contributed by atoms with Crippen LogP contribution in [0.4, 0.5) is 13.2 Å². The van der Waals surface area contributed by atoms with Crippen molar-refractivity contribution in [1.82, 2.24) is 15.5 Å². The van der Waals surface area contributed by atoms with Crippen LogP contribution in [0.15, 0.2) is 0 Å². The first-order valence-electron chi connectivity index (χ1n) is 7.16. The highest BCUT2D eigenvalue weighted by Gasteiger charge is 2.32. The molecule has 1 aliphatic rings. The van der Waals surface area contributed by atoms with Crippen molar-refractivity contribution in [2.24, 2.45) is 0 Å². The molecule has 2 unspecified atom stereocenters. The second-order valence-corrected chi connectivity index (χ2v) is 5.25. The van der Waals surface area contributed by atoms with E-state index in [0.717, 1.165) is 32.4 Å². The first kappa shape index (κ1) is 17.2. The number of amides is 1. The predicted molar refractivity (Wildman–Crippen MR) is 71.4 cm³/mol. The normalized spacial score (nSPS) is 21.8. The minimum absolute atomic E-state index is 0.218. The second-order valence-electron chi connectivity index (χ2n) is 5.25. The van der Waals surface area contributed by atoms with E-state index in [1.807, 2.05) is 17.1 Å². The van der Waals surface area contributed by atoms with Crippen LogP contribution in [0.3, 0.4) is 0 Å². The summed E-state index contributed by atoms with van der Waals surface area (Å²) in [6.45, 7) is 4.88. The minimum atomic E-state index is -4.36. The monoisotopic (exact) mass is 295 g/mol. The fraction of sp³-hybridized carbons (Fsp3) is 0.923. The van der Waals surface area contributed by atoms with Gasteiger partial charge in [-0.15, -0.1) is 0 Å². The Bertz CT molecular complexity index is 304. The highest BCUT2D eigenvalue weighted by Crippen LogP contribution is 2.16. The predicted octanol–water partition coefficient (Wildman–Crippen LogP) is 1.52. The summed E-state index contributed by atoms with van der Waals surface area (Å²) in [5.74, 6) is -0.554. The molecule has 2 N–H and O–H groups in total. The maximum absolute atomic E-state index is 12.1. The third-order valence-electron chi connectivity index (χ3n) is 3.56. The lowest BCUT2D eigenvalue weighted by Crippen LogP contribution is -2.55. The molecule has 0 spiro atoms. The van der Waals surface area contributed by atoms with Crippen LogP contribution in [0, 0.1) is 0 Å². The summed E-state index contributed by atoms with van der Waals surface area (Å²) >= 11 is 0. The van der Waals surface area contributed by atoms with Gasteiger partial charge in [0.15, 0.2) is 0 Å². The smallest absolute Gasteiger partial charge is 0.346 e. The molecule has 0 saturated carbocycles. The van der Waals surface area contributed by atoms with Gasteiger partial charge in [0.05, 0.1) is 6.04 Å². The summed E-state index contributed by atoms with van der Waals surface area (Å²) in [6.07, 6.45) is -1.49. The van der Waals surface area contributed by atoms with Gasteiger partial charge < -0.3 is 10.6 Å². The zero-order valence-electron chi connectivity index (χ0n) is 12.1. The molecule has 1 rings (SSSR count). The number of carbonyl (C=O) groups excluding carboxylic acids is 1. The molecule has 1 fully saturated rings. The SMILES string of the molecule is CCCN(C1CCCNC1)C(C)C(=O)NCC(F)(F)F. The van der Waals surface area contributed by atoms with Crippen LogP contribution in [0.1, 0.15) is 33.1 Å². The van der Waals surface area contributed by atoms with Crippen LogP contribution >= 0.6 is 0 Å². The van der Waals surface area contributed by atoms with Gasteiger partial charge in [-0.2, -0.15) is 13.2 Å². The zero-order valence-corrected chi connectivity index (χ0v) is 12.1. The first-order chi connectivity index (χ1) is 9.35. The van der Waals surface area contributed by atoms with Crippen molar-refractivity contribution in [2.75, 3.05) is 26.2 Å². The van der Waals surface area contributed by atoms with Crippen molar-refractivity contribution in [2.45, 2.75) is 51.4 Å². The number of piperidine rings is 1. The van der Waals surface area contributed by atoms with Gasteiger partial charge >= 0.3 is 6.18 Å². The van der Waals surface area contributed by atoms with E-state index in [2.05, 4.69) is 5.32 Å². The standard InChI is InChI=1S/C13H24F3N3O/c1-3-7-19(11-5-4-6-17-8-11)10(2)12(20)18-9-13(14,15)16/h10-11,17H,3-9H2,1-2H3,(H,18,20). The van der Waals surface area contributed by atoms with Gasteiger partial charge in [-0.3, -0.25) is 9.69 Å². The van der Waals surface area contributed by atoms with E-state index in [-0.39, 0.29) is 6.04 Å². The third-order valence-corrected chi connectivity index (χ3v) is 3.56. The number of nitrogens with zero attached hydrogens (tertiary/aromatic N) is 1. The van der Waals surface area contributed by atoms with E-state index in [1.165, 1.54) is 0 Å². The number of nitrogens with one attached hydrogen (secondary N) is 2. The Morgan fingerprint density at radius 3 is 2.70 bits per heavy atom. The third kappa shape index (κ3) is 5.66. The highest BCUT2D eigenvalue weighted by molar-refractivity contribution is 5.81. The lowest BCUT2D eigenvalue weighted by Gasteiger charge is -2.38. The van der Waals surface area contributed by atoms with Crippen LogP contribution in [-0.4, -0.2) is 55.2 Å². The summed E-state index contributed by atoms with van der Waals surface area (Å²) in [5.41, 5.74) is 0. The molecule has 1 heterocycles. The summed E-state index contributed by atoms with van der Waals surface area (Å²) < 4.78 is 36.4. The number of hydrogen-bond acceptors (Lipinski definition) is 3. The number of alkyl halides is 3. The van der Waals surface area contributed by atoms with Crippen LogP contribution in [0.25, 0.3) is 0 Å². The van der Waals surface area contributed by atoms with Gasteiger partial charge in [0.25, 0.3) is 0 Å². The van der Waals surface area contributed by atoms with E-state index >= 15 is 0 Å². The Hall–Kier alpha value is -0.820. The summed E-state index contributed by atoms with van der Waals surface area (Å²) in [4.78, 5) is 13.9. The van der Waals surface area contributed by atoms with Gasteiger partial charge in [0.2, 0.25) is 5.91 Å². The summed E-state index contributed by atoms with van der Waals surface area (Å²) in [6, 6.07) is -0.322. The molecule has 1 amide bonds. The Labute approximate surface area is 118 Å². The van der Waals surface area contributed by atoms with Gasteiger partial charge in [-0.05, 0) is 39.3 Å². The van der Waals surface area contributed by atoms with E-state index < -0.39 is 24.7 Å². The molecule has 2 atom stereocenters. The van der Waals surface area contributed by atoms with E-state index in [1.54, 1.807) is 6.92 Å². The van der Waals surface area contributed by atoms with Gasteiger partial charge in [-0.25, -0.2) is 0 Å². The fourth-order valence-electron chi connectivity index (χ4n) is 2.55. The van der Waals surface area contributed by atoms with Crippen molar-refractivity contribution in [3.63, 3.8) is 0 Å². The molecule has 0 aromatic carbocycles. The number of halogens is 3. The quantitative estimate of drug-likeness (QED) is 0.781. The lowest BCUT2D eigenvalue weighted by molar-refractivity contribution is -0.141. The molecule has 0 aromatic heterocycles. The van der Waals surface area contributed by atoms with Crippen molar-refractivity contribution in [3.8, 4) is 0 Å². The number of carbonyl (C=O) groups is 1. The van der Waals surface area contributed by atoms with Crippen LogP contribution in [0.5, 0.6) is 0 Å². The van der Waals surface area contributed by atoms with Gasteiger partial charge in [0, 0.05) is 12.6 Å². The molecule has 1 saturated heterocycles. The topological polar surface area (TPSA) is 44.4 Å². The van der Waals surface area contributed by atoms with Gasteiger partial charge in [-0.1, -0.05) is 6.92 Å². The molecule has 0 aromatic rings. The van der Waals surface area contributed by atoms with Crippen LogP contribution in [-0.2, 0) is 4.79 Å². The number of rotatable bonds is 6. The molecule has 0 bridgehead atoms. The molecule has 0 aliphatic carbocycles. The Morgan fingerprint density at radius 2 is 2.20 bits per heavy atom. The molecule has 1 aliphatic heterocycles. The molecular weight excluding hydrogens is 271 g/mol. The van der Waals surface area contributed by atoms with Crippen LogP contribution in [0.2, 0.25) is 0 Å². The second kappa shape index (κ2) is 7.83. The Kier molecular flexibility index (Phi) is 6.75. The Morgan fingerprint density at radius 1 is 1.50 bits per heavy atom. The average Bonchev–Trinajstić information content (AvgIpc) is 2.41. The highest BCUT2D eigenvalue weighted by atomic mass is 19.4. The van der Waals surface area contributed by atoms with E-state index in [9.17, 15) is 18.0 Å². The molecule has 0 radical (unpaired) electrons. The van der Waals surface area contributed by atoms with Crippen molar-refractivity contribution >= 4 is 5.91 Å². The van der Waals surface area contributed by atoms with E-state index in [4.69, 9.17) is 0 Å². The largest absolute Gasteiger partial charge is 0.405 e. The Balaban J connectivity index is 2.57. The summed E-state index contributed by atoms with van der Waals surface area (Å²) in [5, 5.41) is 5.24. The molecule has 20 heavy (non-hydrogen) atoms. The molecule has 7 heteroatoms. The summed E-state index contributed by atoms with van der Waals surface area (Å²) in [7, 11) is 0. The molecule has 4 nitrogen and oxygen atoms in total.